The second-order valence-corrected chi connectivity index (χ2v) is 9.49. The number of nitro benzene ring substituents is 1. The van der Waals surface area contributed by atoms with E-state index in [1.54, 1.807) is 18.2 Å². The van der Waals surface area contributed by atoms with Crippen molar-refractivity contribution in [3.05, 3.63) is 70.3 Å². The van der Waals surface area contributed by atoms with Crippen LogP contribution in [-0.4, -0.2) is 33.0 Å². The van der Waals surface area contributed by atoms with Crippen LogP contribution in [0.15, 0.2) is 54.6 Å². The summed E-state index contributed by atoms with van der Waals surface area (Å²) in [5.41, 5.74) is 2.62. The number of unbranched alkanes of at least 4 members (excludes halogenated alkanes) is 1. The fraction of sp³-hybridized carbons (Fsp3) is 0.214. The van der Waals surface area contributed by atoms with Gasteiger partial charge in [0.2, 0.25) is 5.88 Å². The molecule has 1 N–H and O–H groups in total. The minimum absolute atomic E-state index is 0.0800. The van der Waals surface area contributed by atoms with Gasteiger partial charge in [0.15, 0.2) is 5.82 Å². The first-order chi connectivity index (χ1) is 18.6. The minimum Gasteiger partial charge on any atom is -0.477 e. The normalized spacial score (nSPS) is 11.0. The van der Waals surface area contributed by atoms with Gasteiger partial charge >= 0.3 is 0 Å². The van der Waals surface area contributed by atoms with Gasteiger partial charge in [0, 0.05) is 23.6 Å². The highest BCUT2D eigenvalue weighted by Crippen LogP contribution is 2.45. The number of para-hydroxylation sites is 1. The molecule has 3 aromatic heterocycles. The molecule has 0 saturated carbocycles. The number of benzene rings is 2. The lowest BCUT2D eigenvalue weighted by molar-refractivity contribution is -0.384. The second-order valence-electron chi connectivity index (χ2n) is 8.49. The largest absolute Gasteiger partial charge is 0.477 e. The maximum absolute atomic E-state index is 11.8. The topological polar surface area (TPSA) is 127 Å². The van der Waals surface area contributed by atoms with E-state index < -0.39 is 4.92 Å². The van der Waals surface area contributed by atoms with Crippen LogP contribution >= 0.6 is 11.3 Å². The molecule has 3 heterocycles. The highest BCUT2D eigenvalue weighted by atomic mass is 32.1. The molecular weight excluding hydrogens is 500 g/mol. The summed E-state index contributed by atoms with van der Waals surface area (Å²) < 4.78 is 6.55. The van der Waals surface area contributed by atoms with E-state index in [0.29, 0.717) is 51.4 Å². The van der Waals surface area contributed by atoms with Crippen molar-refractivity contribution in [2.75, 3.05) is 18.5 Å². The number of nitrogens with zero attached hydrogens (tertiary/aromatic N) is 5. The molecule has 190 valence electrons. The zero-order valence-electron chi connectivity index (χ0n) is 20.9. The fourth-order valence-electron chi connectivity index (χ4n) is 4.33. The molecule has 0 aliphatic heterocycles. The predicted molar refractivity (Wildman–Crippen MR) is 150 cm³/mol. The SMILES string of the molecule is CCCCNc1nc(-c2ccccc2[N+](=O)[O-])nc2c1sc1nc(OCC)c(C#N)c(-c3ccccc3)c12. The number of hydrogen-bond donors (Lipinski definition) is 1. The summed E-state index contributed by atoms with van der Waals surface area (Å²) in [5, 5.41) is 26.1. The highest BCUT2D eigenvalue weighted by molar-refractivity contribution is 7.26. The first-order valence-electron chi connectivity index (χ1n) is 12.3. The molecule has 5 aromatic rings. The van der Waals surface area contributed by atoms with Gasteiger partial charge in [-0.15, -0.1) is 11.3 Å². The Bertz CT molecular complexity index is 1690. The van der Waals surface area contributed by atoms with Crippen molar-refractivity contribution in [3.8, 4) is 34.5 Å². The number of aromatic nitrogens is 3. The summed E-state index contributed by atoms with van der Waals surface area (Å²) in [5.74, 6) is 1.07. The predicted octanol–water partition coefficient (Wildman–Crippen LogP) is 6.96. The van der Waals surface area contributed by atoms with Gasteiger partial charge in [-0.1, -0.05) is 55.8 Å². The zero-order chi connectivity index (χ0) is 26.6. The number of nitriles is 1. The van der Waals surface area contributed by atoms with Crippen molar-refractivity contribution >= 4 is 43.3 Å². The van der Waals surface area contributed by atoms with Crippen LogP contribution in [0.25, 0.3) is 42.9 Å². The number of nitro groups is 1. The first kappa shape index (κ1) is 25.0. The van der Waals surface area contributed by atoms with E-state index in [0.717, 1.165) is 23.1 Å². The molecule has 0 bridgehead atoms. The molecule has 5 rings (SSSR count). The molecule has 38 heavy (non-hydrogen) atoms. The van der Waals surface area contributed by atoms with Crippen molar-refractivity contribution < 1.29 is 9.66 Å². The summed E-state index contributed by atoms with van der Waals surface area (Å²) in [6, 6.07) is 18.3. The van der Waals surface area contributed by atoms with Crippen LogP contribution in [0.4, 0.5) is 11.5 Å². The number of thiophene rings is 1. The van der Waals surface area contributed by atoms with Gasteiger partial charge in [0.05, 0.1) is 27.3 Å². The molecule has 0 aliphatic carbocycles. The molecule has 0 fully saturated rings. The Morgan fingerprint density at radius 1 is 1.08 bits per heavy atom. The van der Waals surface area contributed by atoms with E-state index in [2.05, 4.69) is 18.3 Å². The molecule has 9 nitrogen and oxygen atoms in total. The van der Waals surface area contributed by atoms with E-state index in [1.807, 2.05) is 37.3 Å². The van der Waals surface area contributed by atoms with Gasteiger partial charge < -0.3 is 10.1 Å². The quantitative estimate of drug-likeness (QED) is 0.124. The number of fused-ring (bicyclic) bond motifs is 3. The lowest BCUT2D eigenvalue weighted by Crippen LogP contribution is -2.05. The fourth-order valence-corrected chi connectivity index (χ4v) is 5.42. The monoisotopic (exact) mass is 524 g/mol. The molecule has 0 aliphatic rings. The first-order valence-corrected chi connectivity index (χ1v) is 13.1. The number of ether oxygens (including phenoxy) is 1. The maximum atomic E-state index is 11.8. The van der Waals surface area contributed by atoms with E-state index in [-0.39, 0.29) is 17.4 Å². The second kappa shape index (κ2) is 10.8. The summed E-state index contributed by atoms with van der Waals surface area (Å²) in [6.45, 7) is 4.99. The van der Waals surface area contributed by atoms with Crippen molar-refractivity contribution in [3.63, 3.8) is 0 Å². The van der Waals surface area contributed by atoms with E-state index in [1.165, 1.54) is 17.4 Å². The third kappa shape index (κ3) is 4.48. The van der Waals surface area contributed by atoms with Gasteiger partial charge in [-0.05, 0) is 25.0 Å². The zero-order valence-corrected chi connectivity index (χ0v) is 21.7. The van der Waals surface area contributed by atoms with Crippen LogP contribution in [0.2, 0.25) is 0 Å². The maximum Gasteiger partial charge on any atom is 0.280 e. The lowest BCUT2D eigenvalue weighted by atomic mass is 9.98. The van der Waals surface area contributed by atoms with Crippen molar-refractivity contribution in [1.29, 1.82) is 5.26 Å². The summed E-state index contributed by atoms with van der Waals surface area (Å²) in [6.07, 6.45) is 1.92. The summed E-state index contributed by atoms with van der Waals surface area (Å²) in [4.78, 5) is 26.4. The van der Waals surface area contributed by atoms with Crippen molar-refractivity contribution in [2.45, 2.75) is 26.7 Å². The molecule has 10 heteroatoms. The van der Waals surface area contributed by atoms with Gasteiger partial charge in [-0.25, -0.2) is 15.0 Å². The molecule has 0 saturated heterocycles. The average Bonchev–Trinajstić information content (AvgIpc) is 3.31. The minimum atomic E-state index is -0.433. The molecule has 0 unspecified atom stereocenters. The Balaban J connectivity index is 1.91. The molecular formula is C28H24N6O3S. The Hall–Kier alpha value is -4.62. The van der Waals surface area contributed by atoms with Gasteiger partial charge in [-0.3, -0.25) is 10.1 Å². The molecule has 2 aromatic carbocycles. The van der Waals surface area contributed by atoms with E-state index >= 15 is 0 Å². The Labute approximate surface area is 222 Å². The standard InChI is InChI=1S/C28H24N6O3S/c1-3-5-15-30-26-24-23(31-25(32-26)18-13-9-10-14-20(18)34(35)36)22-21(17-11-7-6-8-12-17)19(16-29)27(37-4-2)33-28(22)38-24/h6-14H,3-5,15H2,1-2H3,(H,30,31,32). The Morgan fingerprint density at radius 3 is 2.55 bits per heavy atom. The van der Waals surface area contributed by atoms with Crippen LogP contribution in [0.5, 0.6) is 5.88 Å². The number of rotatable bonds is 9. The third-order valence-corrected chi connectivity index (χ3v) is 7.13. The van der Waals surface area contributed by atoms with E-state index in [9.17, 15) is 15.4 Å². The number of nitrogens with one attached hydrogen (secondary N) is 1. The molecule has 0 amide bonds. The summed E-state index contributed by atoms with van der Waals surface area (Å²) in [7, 11) is 0. The van der Waals surface area contributed by atoms with Crippen molar-refractivity contribution in [2.24, 2.45) is 0 Å². The average molecular weight is 525 g/mol. The van der Waals surface area contributed by atoms with Crippen LogP contribution < -0.4 is 10.1 Å². The van der Waals surface area contributed by atoms with Crippen molar-refractivity contribution in [1.82, 2.24) is 15.0 Å². The molecule has 0 radical (unpaired) electrons. The van der Waals surface area contributed by atoms with E-state index in [4.69, 9.17) is 19.7 Å². The number of hydrogen-bond acceptors (Lipinski definition) is 9. The van der Waals surface area contributed by atoms with Gasteiger partial charge in [0.1, 0.15) is 22.3 Å². The Kier molecular flexibility index (Phi) is 7.11. The third-order valence-electron chi connectivity index (χ3n) is 6.05. The van der Waals surface area contributed by atoms with Gasteiger partial charge in [0.25, 0.3) is 5.69 Å². The number of pyridine rings is 1. The van der Waals surface area contributed by atoms with Crippen LogP contribution in [-0.2, 0) is 0 Å². The molecule has 0 spiro atoms. The number of anilines is 1. The lowest BCUT2D eigenvalue weighted by Gasteiger charge is -2.12. The van der Waals surface area contributed by atoms with Gasteiger partial charge in [-0.2, -0.15) is 5.26 Å². The molecule has 0 atom stereocenters. The highest BCUT2D eigenvalue weighted by Gasteiger charge is 2.26. The van der Waals surface area contributed by atoms with Crippen LogP contribution in [0, 0.1) is 21.4 Å². The smallest absolute Gasteiger partial charge is 0.280 e. The summed E-state index contributed by atoms with van der Waals surface area (Å²) >= 11 is 1.41. The van der Waals surface area contributed by atoms with Crippen LogP contribution in [0.1, 0.15) is 32.3 Å². The van der Waals surface area contributed by atoms with Crippen LogP contribution in [0.3, 0.4) is 0 Å². The Morgan fingerprint density at radius 2 is 1.84 bits per heavy atom.